The highest BCUT2D eigenvalue weighted by Crippen LogP contribution is 2.04. The van der Waals surface area contributed by atoms with Gasteiger partial charge in [-0.05, 0) is 12.0 Å². The largest absolute Gasteiger partial charge is 0.377 e. The third-order valence-electron chi connectivity index (χ3n) is 1.79. The van der Waals surface area contributed by atoms with Gasteiger partial charge in [0.2, 0.25) is 8.27 Å². The summed E-state index contributed by atoms with van der Waals surface area (Å²) in [6.07, 6.45) is 0.514. The van der Waals surface area contributed by atoms with Gasteiger partial charge in [-0.25, -0.2) is 8.42 Å². The number of ether oxygens (including phenoxy) is 1. The summed E-state index contributed by atoms with van der Waals surface area (Å²) in [5.41, 5.74) is 1.10. The maximum atomic E-state index is 10.7. The van der Waals surface area contributed by atoms with Crippen LogP contribution in [0.15, 0.2) is 30.3 Å². The van der Waals surface area contributed by atoms with E-state index in [0.717, 1.165) is 5.56 Å². The molecule has 0 saturated carbocycles. The van der Waals surface area contributed by atoms with Crippen molar-refractivity contribution in [3.05, 3.63) is 35.9 Å². The van der Waals surface area contributed by atoms with Crippen LogP contribution in [0.1, 0.15) is 12.0 Å². The van der Waals surface area contributed by atoms with E-state index in [2.05, 4.69) is 14.8 Å². The van der Waals surface area contributed by atoms with Crippen molar-refractivity contribution in [1.82, 2.24) is 0 Å². The zero-order valence-corrected chi connectivity index (χ0v) is 10.6. The second kappa shape index (κ2) is 6.25. The minimum absolute atomic E-state index is 0.113. The van der Waals surface area contributed by atoms with Gasteiger partial charge < -0.3 is 4.74 Å². The normalized spacial score (nSPS) is 11.5. The van der Waals surface area contributed by atoms with Crippen LogP contribution < -0.4 is 0 Å². The van der Waals surface area contributed by atoms with Crippen molar-refractivity contribution >= 4 is 23.1 Å². The third-order valence-corrected chi connectivity index (χ3v) is 3.54. The SMILES string of the molecule is O=S(=O)(Br)CCCOCc1ccccc1. The maximum Gasteiger partial charge on any atom is 0.209 e. The molecule has 3 nitrogen and oxygen atoms in total. The van der Waals surface area contributed by atoms with Crippen LogP contribution in [0.25, 0.3) is 0 Å². The van der Waals surface area contributed by atoms with E-state index in [-0.39, 0.29) is 5.75 Å². The van der Waals surface area contributed by atoms with E-state index >= 15 is 0 Å². The monoisotopic (exact) mass is 292 g/mol. The fourth-order valence-corrected chi connectivity index (χ4v) is 2.25. The lowest BCUT2D eigenvalue weighted by atomic mass is 10.2. The van der Waals surface area contributed by atoms with E-state index in [0.29, 0.717) is 19.6 Å². The number of hydrogen-bond donors (Lipinski definition) is 0. The lowest BCUT2D eigenvalue weighted by molar-refractivity contribution is 0.122. The molecule has 0 bridgehead atoms. The Balaban J connectivity index is 2.13. The molecule has 1 aromatic rings. The Hall–Kier alpha value is -0.390. The molecule has 5 heteroatoms. The highest BCUT2D eigenvalue weighted by molar-refractivity contribution is 9.47. The Bertz CT molecular complexity index is 375. The van der Waals surface area contributed by atoms with Gasteiger partial charge in [0, 0.05) is 6.61 Å². The first-order chi connectivity index (χ1) is 7.08. The van der Waals surface area contributed by atoms with Gasteiger partial charge in [0.1, 0.15) is 0 Å². The molecule has 0 fully saturated rings. The first-order valence-corrected chi connectivity index (χ1v) is 8.11. The topological polar surface area (TPSA) is 43.4 Å². The molecule has 15 heavy (non-hydrogen) atoms. The molecule has 0 aliphatic heterocycles. The Morgan fingerprint density at radius 2 is 1.87 bits per heavy atom. The molecule has 84 valence electrons. The van der Waals surface area contributed by atoms with Gasteiger partial charge in [-0.1, -0.05) is 30.3 Å². The number of halogens is 1. The Morgan fingerprint density at radius 1 is 1.20 bits per heavy atom. The van der Waals surface area contributed by atoms with Crippen LogP contribution in [0.4, 0.5) is 0 Å². The number of hydrogen-bond acceptors (Lipinski definition) is 3. The predicted octanol–water partition coefficient (Wildman–Crippen LogP) is 2.32. The molecule has 0 heterocycles. The van der Waals surface area contributed by atoms with Crippen molar-refractivity contribution in [1.29, 1.82) is 0 Å². The van der Waals surface area contributed by atoms with Gasteiger partial charge >= 0.3 is 0 Å². The van der Waals surface area contributed by atoms with Crippen LogP contribution in [-0.2, 0) is 19.6 Å². The zero-order valence-electron chi connectivity index (χ0n) is 8.23. The molecule has 0 N–H and O–H groups in total. The average molecular weight is 293 g/mol. The summed E-state index contributed by atoms with van der Waals surface area (Å²) in [5, 5.41) is 0. The summed E-state index contributed by atoms with van der Waals surface area (Å²) in [6, 6.07) is 9.78. The van der Waals surface area contributed by atoms with Gasteiger partial charge in [-0.2, -0.15) is 0 Å². The average Bonchev–Trinajstić information content (AvgIpc) is 2.17. The summed E-state index contributed by atoms with van der Waals surface area (Å²) in [5.74, 6) is 0.113. The first-order valence-electron chi connectivity index (χ1n) is 4.62. The molecule has 0 amide bonds. The third kappa shape index (κ3) is 6.65. The Labute approximate surface area is 97.6 Å². The van der Waals surface area contributed by atoms with Gasteiger partial charge in [0.05, 0.1) is 27.2 Å². The van der Waals surface area contributed by atoms with E-state index in [1.54, 1.807) is 0 Å². The molecule has 0 aliphatic carbocycles. The second-order valence-corrected chi connectivity index (χ2v) is 7.58. The van der Waals surface area contributed by atoms with Crippen molar-refractivity contribution in [2.75, 3.05) is 12.4 Å². The van der Waals surface area contributed by atoms with Crippen molar-refractivity contribution in [2.24, 2.45) is 0 Å². The molecular weight excluding hydrogens is 280 g/mol. The highest BCUT2D eigenvalue weighted by Gasteiger charge is 2.03. The van der Waals surface area contributed by atoms with Crippen LogP contribution >= 0.6 is 14.8 Å². The van der Waals surface area contributed by atoms with Crippen LogP contribution in [0.3, 0.4) is 0 Å². The molecule has 1 rings (SSSR count). The van der Waals surface area contributed by atoms with Crippen LogP contribution in [0.5, 0.6) is 0 Å². The van der Waals surface area contributed by atoms with E-state index in [1.807, 2.05) is 30.3 Å². The standard InChI is InChI=1S/C10H13BrO3S/c11-15(12,13)8-4-7-14-9-10-5-2-1-3-6-10/h1-3,5-6H,4,7-9H2. The van der Waals surface area contributed by atoms with E-state index in [4.69, 9.17) is 4.74 Å². The van der Waals surface area contributed by atoms with Gasteiger partial charge in [-0.3, -0.25) is 0 Å². The van der Waals surface area contributed by atoms with E-state index < -0.39 is 8.27 Å². The fourth-order valence-electron chi connectivity index (χ4n) is 1.10. The summed E-state index contributed by atoms with van der Waals surface area (Å²) in [6.45, 7) is 0.989. The number of benzene rings is 1. The van der Waals surface area contributed by atoms with Crippen LogP contribution in [0.2, 0.25) is 0 Å². The lowest BCUT2D eigenvalue weighted by Crippen LogP contribution is -2.02. The second-order valence-electron chi connectivity index (χ2n) is 3.13. The van der Waals surface area contributed by atoms with Gasteiger partial charge in [-0.15, -0.1) is 0 Å². The fraction of sp³-hybridized carbons (Fsp3) is 0.400. The quantitative estimate of drug-likeness (QED) is 0.597. The predicted molar refractivity (Wildman–Crippen MR) is 63.4 cm³/mol. The lowest BCUT2D eigenvalue weighted by Gasteiger charge is -2.03. The van der Waals surface area contributed by atoms with E-state index in [9.17, 15) is 8.42 Å². The van der Waals surface area contributed by atoms with Gasteiger partial charge in [0.25, 0.3) is 0 Å². The first kappa shape index (κ1) is 12.7. The maximum absolute atomic E-state index is 10.7. The molecule has 0 unspecified atom stereocenters. The summed E-state index contributed by atoms with van der Waals surface area (Å²) in [7, 11) is -3.04. The Kier molecular flexibility index (Phi) is 5.28. The van der Waals surface area contributed by atoms with Crippen LogP contribution in [-0.4, -0.2) is 20.8 Å². The van der Waals surface area contributed by atoms with Crippen molar-refractivity contribution < 1.29 is 13.2 Å². The molecule has 0 atom stereocenters. The summed E-state index contributed by atoms with van der Waals surface area (Å²) >= 11 is 2.59. The molecular formula is C10H13BrO3S. The van der Waals surface area contributed by atoms with Crippen molar-refractivity contribution in [3.8, 4) is 0 Å². The minimum Gasteiger partial charge on any atom is -0.377 e. The number of rotatable bonds is 6. The van der Waals surface area contributed by atoms with Crippen molar-refractivity contribution in [2.45, 2.75) is 13.0 Å². The van der Waals surface area contributed by atoms with Crippen molar-refractivity contribution in [3.63, 3.8) is 0 Å². The molecule has 0 radical (unpaired) electrons. The summed E-state index contributed by atoms with van der Waals surface area (Å²) < 4.78 is 26.8. The minimum atomic E-state index is -3.04. The van der Waals surface area contributed by atoms with Gasteiger partial charge in [0.15, 0.2) is 0 Å². The zero-order chi connectivity index (χ0) is 11.1. The summed E-state index contributed by atoms with van der Waals surface area (Å²) in [4.78, 5) is 0. The highest BCUT2D eigenvalue weighted by atomic mass is 79.9. The molecule has 0 saturated heterocycles. The molecule has 1 aromatic carbocycles. The molecule has 0 aliphatic rings. The molecule has 0 aromatic heterocycles. The Morgan fingerprint density at radius 3 is 2.47 bits per heavy atom. The molecule has 0 spiro atoms. The smallest absolute Gasteiger partial charge is 0.209 e. The van der Waals surface area contributed by atoms with Crippen LogP contribution in [0, 0.1) is 0 Å². The van der Waals surface area contributed by atoms with E-state index in [1.165, 1.54) is 0 Å².